The van der Waals surface area contributed by atoms with Crippen LogP contribution in [0.5, 0.6) is 5.88 Å². The predicted molar refractivity (Wildman–Crippen MR) is 92.0 cm³/mol. The number of aromatic nitrogens is 4. The van der Waals surface area contributed by atoms with Crippen LogP contribution < -0.4 is 10.1 Å². The van der Waals surface area contributed by atoms with Gasteiger partial charge in [-0.15, -0.1) is 0 Å². The summed E-state index contributed by atoms with van der Waals surface area (Å²) in [6.45, 7) is 5.75. The van der Waals surface area contributed by atoms with Crippen LogP contribution in [0.4, 0.5) is 13.2 Å². The van der Waals surface area contributed by atoms with Crippen molar-refractivity contribution in [2.24, 2.45) is 20.0 Å². The van der Waals surface area contributed by atoms with E-state index in [9.17, 15) is 13.2 Å². The average Bonchev–Trinajstić information content (AvgIpc) is 3.04. The molecule has 26 heavy (non-hydrogen) atoms. The van der Waals surface area contributed by atoms with Crippen molar-refractivity contribution in [3.63, 3.8) is 0 Å². The molecule has 146 valence electrons. The molecule has 0 saturated carbocycles. The maximum atomic E-state index is 12.5. The van der Waals surface area contributed by atoms with Crippen molar-refractivity contribution in [1.82, 2.24) is 24.9 Å². The van der Waals surface area contributed by atoms with Gasteiger partial charge in [0.05, 0.1) is 11.3 Å². The minimum absolute atomic E-state index is 0.147. The first-order valence-electron chi connectivity index (χ1n) is 8.50. The molecule has 0 aliphatic rings. The van der Waals surface area contributed by atoms with Gasteiger partial charge in [0.15, 0.2) is 6.61 Å². The topological polar surface area (TPSA) is 56.9 Å². The van der Waals surface area contributed by atoms with Gasteiger partial charge < -0.3 is 10.1 Å². The molecule has 0 fully saturated rings. The van der Waals surface area contributed by atoms with Crippen LogP contribution >= 0.6 is 0 Å². The van der Waals surface area contributed by atoms with Gasteiger partial charge in [-0.1, -0.05) is 13.8 Å². The van der Waals surface area contributed by atoms with E-state index in [1.54, 1.807) is 20.2 Å². The van der Waals surface area contributed by atoms with Crippen molar-refractivity contribution < 1.29 is 17.9 Å². The lowest BCUT2D eigenvalue weighted by molar-refractivity contribution is -0.154. The number of aryl methyl sites for hydroxylation is 3. The molecule has 0 spiro atoms. The molecule has 1 atom stereocenters. The van der Waals surface area contributed by atoms with Gasteiger partial charge >= 0.3 is 6.18 Å². The van der Waals surface area contributed by atoms with E-state index < -0.39 is 12.8 Å². The monoisotopic (exact) mass is 373 g/mol. The number of ether oxygens (including phenoxy) is 1. The lowest BCUT2D eigenvalue weighted by Crippen LogP contribution is -2.26. The van der Waals surface area contributed by atoms with Gasteiger partial charge in [0.2, 0.25) is 5.88 Å². The average molecular weight is 373 g/mol. The number of halogens is 3. The highest BCUT2D eigenvalue weighted by Gasteiger charge is 2.30. The summed E-state index contributed by atoms with van der Waals surface area (Å²) in [4.78, 5) is 0. The van der Waals surface area contributed by atoms with Crippen molar-refractivity contribution >= 4 is 0 Å². The zero-order valence-electron chi connectivity index (χ0n) is 15.8. The summed E-state index contributed by atoms with van der Waals surface area (Å²) in [6.07, 6.45) is -2.62. The van der Waals surface area contributed by atoms with Gasteiger partial charge in [0.25, 0.3) is 0 Å². The summed E-state index contributed by atoms with van der Waals surface area (Å²) in [5.41, 5.74) is 2.41. The molecule has 6 nitrogen and oxygen atoms in total. The van der Waals surface area contributed by atoms with Crippen LogP contribution in [0.3, 0.4) is 0 Å². The van der Waals surface area contributed by atoms with Gasteiger partial charge in [-0.05, 0) is 18.9 Å². The van der Waals surface area contributed by atoms with Crippen molar-refractivity contribution in [3.05, 3.63) is 29.2 Å². The van der Waals surface area contributed by atoms with Crippen molar-refractivity contribution in [1.29, 1.82) is 0 Å². The minimum Gasteiger partial charge on any atom is -0.468 e. The van der Waals surface area contributed by atoms with Crippen molar-refractivity contribution in [2.75, 3.05) is 13.2 Å². The highest BCUT2D eigenvalue weighted by molar-refractivity contribution is 5.31. The molecule has 0 aliphatic carbocycles. The first-order valence-corrected chi connectivity index (χ1v) is 8.50. The molecule has 0 bridgehead atoms. The number of hydrogen-bond donors (Lipinski definition) is 1. The molecule has 0 aromatic carbocycles. The SMILES string of the molecule is Cc1nn(C)c(OCC(F)(F)F)c1CNC[C@H](c1ccnn1C)C(C)C. The fourth-order valence-electron chi connectivity index (χ4n) is 3.00. The zero-order chi connectivity index (χ0) is 19.5. The number of nitrogens with zero attached hydrogens (tertiary/aromatic N) is 4. The quantitative estimate of drug-likeness (QED) is 0.773. The summed E-state index contributed by atoms with van der Waals surface area (Å²) in [7, 11) is 3.48. The van der Waals surface area contributed by atoms with Crippen LogP contribution in [0, 0.1) is 12.8 Å². The third-order valence-corrected chi connectivity index (χ3v) is 4.37. The zero-order valence-corrected chi connectivity index (χ0v) is 15.8. The number of nitrogens with one attached hydrogen (secondary N) is 1. The molecule has 9 heteroatoms. The normalized spacial score (nSPS) is 13.4. The maximum absolute atomic E-state index is 12.5. The highest BCUT2D eigenvalue weighted by Crippen LogP contribution is 2.26. The lowest BCUT2D eigenvalue weighted by atomic mass is 9.92. The Kier molecular flexibility index (Phi) is 6.33. The van der Waals surface area contributed by atoms with E-state index in [2.05, 4.69) is 29.4 Å². The predicted octanol–water partition coefficient (Wildman–Crippen LogP) is 2.93. The fraction of sp³-hybridized carbons (Fsp3) is 0.647. The molecule has 0 saturated heterocycles. The van der Waals surface area contributed by atoms with Gasteiger partial charge in [0, 0.05) is 45.0 Å². The number of rotatable bonds is 8. The Morgan fingerprint density at radius 2 is 1.92 bits per heavy atom. The van der Waals surface area contributed by atoms with E-state index in [4.69, 9.17) is 4.74 Å². The van der Waals surface area contributed by atoms with Crippen molar-refractivity contribution in [3.8, 4) is 5.88 Å². The second-order valence-electron chi connectivity index (χ2n) is 6.76. The van der Waals surface area contributed by atoms with E-state index in [1.807, 2.05) is 17.8 Å². The third kappa shape index (κ3) is 5.00. The summed E-state index contributed by atoms with van der Waals surface area (Å²) in [5.74, 6) is 0.766. The van der Waals surface area contributed by atoms with Crippen LogP contribution in [0.15, 0.2) is 12.3 Å². The Labute approximate surface area is 151 Å². The molecule has 0 radical (unpaired) electrons. The molecule has 2 aromatic rings. The van der Waals surface area contributed by atoms with Gasteiger partial charge in [-0.2, -0.15) is 23.4 Å². The van der Waals surface area contributed by atoms with Gasteiger partial charge in [-0.3, -0.25) is 4.68 Å². The Balaban J connectivity index is 2.05. The molecule has 0 amide bonds. The van der Waals surface area contributed by atoms with Crippen LogP contribution in [-0.4, -0.2) is 38.9 Å². The molecular weight excluding hydrogens is 347 g/mol. The molecule has 0 unspecified atom stereocenters. The van der Waals surface area contributed by atoms with E-state index in [1.165, 1.54) is 4.68 Å². The molecular formula is C17H26F3N5O. The fourth-order valence-corrected chi connectivity index (χ4v) is 3.00. The standard InChI is InChI=1S/C17H26F3N5O/c1-11(2)13(15-6-7-22-24(15)4)8-21-9-14-12(3)23-25(5)16(14)26-10-17(18,19)20/h6-7,11,13,21H,8-10H2,1-5H3/t13-/m0/s1. The lowest BCUT2D eigenvalue weighted by Gasteiger charge is -2.22. The molecule has 2 aromatic heterocycles. The van der Waals surface area contributed by atoms with E-state index >= 15 is 0 Å². The molecule has 1 N–H and O–H groups in total. The van der Waals surface area contributed by atoms with Crippen LogP contribution in [0.1, 0.15) is 36.7 Å². The Bertz CT molecular complexity index is 721. The second-order valence-corrected chi connectivity index (χ2v) is 6.76. The van der Waals surface area contributed by atoms with Crippen LogP contribution in [-0.2, 0) is 20.6 Å². The third-order valence-electron chi connectivity index (χ3n) is 4.37. The van der Waals surface area contributed by atoms with Crippen LogP contribution in [0.2, 0.25) is 0 Å². The van der Waals surface area contributed by atoms with Gasteiger partial charge in [0.1, 0.15) is 0 Å². The highest BCUT2D eigenvalue weighted by atomic mass is 19.4. The minimum atomic E-state index is -4.38. The van der Waals surface area contributed by atoms with E-state index in [0.717, 1.165) is 5.69 Å². The van der Waals surface area contributed by atoms with Crippen molar-refractivity contribution in [2.45, 2.75) is 39.4 Å². The number of alkyl halides is 3. The summed E-state index contributed by atoms with van der Waals surface area (Å²) in [6, 6.07) is 1.99. The first-order chi connectivity index (χ1) is 12.1. The van der Waals surface area contributed by atoms with Crippen LogP contribution in [0.25, 0.3) is 0 Å². The Morgan fingerprint density at radius 3 is 2.46 bits per heavy atom. The summed E-state index contributed by atoms with van der Waals surface area (Å²) >= 11 is 0. The maximum Gasteiger partial charge on any atom is 0.422 e. The number of hydrogen-bond acceptors (Lipinski definition) is 4. The largest absolute Gasteiger partial charge is 0.468 e. The molecule has 2 heterocycles. The smallest absolute Gasteiger partial charge is 0.422 e. The Hall–Kier alpha value is -2.03. The summed E-state index contributed by atoms with van der Waals surface area (Å²) in [5, 5.41) is 11.7. The van der Waals surface area contributed by atoms with E-state index in [-0.39, 0.29) is 11.8 Å². The van der Waals surface area contributed by atoms with E-state index in [0.29, 0.717) is 30.3 Å². The summed E-state index contributed by atoms with van der Waals surface area (Å²) < 4.78 is 45.6. The second kappa shape index (κ2) is 8.11. The Morgan fingerprint density at radius 1 is 1.23 bits per heavy atom. The molecule has 0 aliphatic heterocycles. The van der Waals surface area contributed by atoms with Gasteiger partial charge in [-0.25, -0.2) is 4.68 Å². The first kappa shape index (κ1) is 20.3. The molecule has 2 rings (SSSR count).